The lowest BCUT2D eigenvalue weighted by Crippen LogP contribution is -2.11. The zero-order valence-corrected chi connectivity index (χ0v) is 11.8. The Morgan fingerprint density at radius 1 is 1.45 bits per heavy atom. The summed E-state index contributed by atoms with van der Waals surface area (Å²) in [6.07, 6.45) is 3.02. The molecule has 1 unspecified atom stereocenters. The normalized spacial score (nSPS) is 12.1. The van der Waals surface area contributed by atoms with Crippen molar-refractivity contribution in [3.8, 4) is 5.75 Å². The summed E-state index contributed by atoms with van der Waals surface area (Å²) in [5.74, 6) is 0.729. The van der Waals surface area contributed by atoms with E-state index in [2.05, 4.69) is 18.9 Å². The molecule has 0 bridgehead atoms. The van der Waals surface area contributed by atoms with Crippen molar-refractivity contribution in [1.82, 2.24) is 9.78 Å². The van der Waals surface area contributed by atoms with E-state index in [0.29, 0.717) is 24.0 Å². The third-order valence-corrected chi connectivity index (χ3v) is 3.24. The van der Waals surface area contributed by atoms with E-state index in [1.165, 1.54) is 0 Å². The van der Waals surface area contributed by atoms with Gasteiger partial charge in [-0.1, -0.05) is 19.1 Å². The van der Waals surface area contributed by atoms with Gasteiger partial charge in [0.1, 0.15) is 18.2 Å². The first-order valence-corrected chi connectivity index (χ1v) is 6.71. The molecular weight excluding hydrogens is 252 g/mol. The van der Waals surface area contributed by atoms with Gasteiger partial charge in [0.05, 0.1) is 5.69 Å². The highest BCUT2D eigenvalue weighted by atomic mass is 16.5. The largest absolute Gasteiger partial charge is 0.487 e. The van der Waals surface area contributed by atoms with E-state index < -0.39 is 0 Å². The molecule has 1 heterocycles. The molecule has 106 valence electrons. The topological polar surface area (TPSA) is 76.9 Å². The molecule has 1 atom stereocenters. The summed E-state index contributed by atoms with van der Waals surface area (Å²) in [6.45, 7) is 4.68. The van der Waals surface area contributed by atoms with Crippen molar-refractivity contribution in [1.29, 1.82) is 5.41 Å². The van der Waals surface area contributed by atoms with Crippen LogP contribution in [0.5, 0.6) is 5.75 Å². The first-order valence-electron chi connectivity index (χ1n) is 6.71. The number of nitrogens with zero attached hydrogens (tertiary/aromatic N) is 2. The van der Waals surface area contributed by atoms with E-state index in [1.807, 2.05) is 29.1 Å². The maximum Gasteiger partial charge on any atom is 0.132 e. The number of nitrogens with one attached hydrogen (secondary N) is 1. The second-order valence-electron chi connectivity index (χ2n) is 4.77. The number of nitrogens with two attached hydrogens (primary N) is 1. The molecule has 20 heavy (non-hydrogen) atoms. The lowest BCUT2D eigenvalue weighted by atomic mass is 10.2. The van der Waals surface area contributed by atoms with Crippen molar-refractivity contribution in [2.24, 2.45) is 5.73 Å². The Bertz CT molecular complexity index is 591. The zero-order valence-electron chi connectivity index (χ0n) is 11.8. The summed E-state index contributed by atoms with van der Waals surface area (Å²) in [5.41, 5.74) is 7.00. The molecule has 1 aromatic heterocycles. The minimum atomic E-state index is 0.0384. The summed E-state index contributed by atoms with van der Waals surface area (Å²) in [4.78, 5) is 0. The van der Waals surface area contributed by atoms with Crippen LogP contribution in [-0.4, -0.2) is 15.6 Å². The van der Waals surface area contributed by atoms with Gasteiger partial charge in [0, 0.05) is 17.8 Å². The highest BCUT2D eigenvalue weighted by Crippen LogP contribution is 2.15. The summed E-state index contributed by atoms with van der Waals surface area (Å²) >= 11 is 0. The number of nitrogen functional groups attached to an aromatic ring is 1. The smallest absolute Gasteiger partial charge is 0.132 e. The summed E-state index contributed by atoms with van der Waals surface area (Å²) in [5, 5.41) is 11.9. The Labute approximate surface area is 118 Å². The van der Waals surface area contributed by atoms with Crippen LogP contribution in [0.3, 0.4) is 0 Å². The minimum absolute atomic E-state index is 0.0384. The monoisotopic (exact) mass is 272 g/mol. The minimum Gasteiger partial charge on any atom is -0.487 e. The predicted octanol–water partition coefficient (Wildman–Crippen LogP) is 2.72. The lowest BCUT2D eigenvalue weighted by Gasteiger charge is -2.09. The summed E-state index contributed by atoms with van der Waals surface area (Å²) in [7, 11) is 0. The van der Waals surface area contributed by atoms with Crippen LogP contribution in [0.25, 0.3) is 0 Å². The van der Waals surface area contributed by atoms with Crippen LogP contribution in [0.15, 0.2) is 36.5 Å². The SMILES string of the molecule is CCC(C)n1ccc(COc2cccc(C(=N)N)c2)n1. The van der Waals surface area contributed by atoms with Gasteiger partial charge in [-0.3, -0.25) is 10.1 Å². The molecule has 5 heteroatoms. The molecule has 0 radical (unpaired) electrons. The first-order chi connectivity index (χ1) is 9.60. The van der Waals surface area contributed by atoms with E-state index in [9.17, 15) is 0 Å². The van der Waals surface area contributed by atoms with Crippen molar-refractivity contribution < 1.29 is 4.74 Å². The Morgan fingerprint density at radius 3 is 2.95 bits per heavy atom. The quantitative estimate of drug-likeness (QED) is 0.627. The number of aromatic nitrogens is 2. The third-order valence-electron chi connectivity index (χ3n) is 3.24. The van der Waals surface area contributed by atoms with Gasteiger partial charge in [-0.25, -0.2) is 0 Å². The predicted molar refractivity (Wildman–Crippen MR) is 79.0 cm³/mol. The molecule has 3 N–H and O–H groups in total. The number of hydrogen-bond donors (Lipinski definition) is 2. The lowest BCUT2D eigenvalue weighted by molar-refractivity contribution is 0.298. The highest BCUT2D eigenvalue weighted by Gasteiger charge is 2.05. The fourth-order valence-corrected chi connectivity index (χ4v) is 1.80. The summed E-state index contributed by atoms with van der Waals surface area (Å²) in [6, 6.07) is 9.56. The first kappa shape index (κ1) is 14.1. The van der Waals surface area contributed by atoms with Crippen LogP contribution in [0.2, 0.25) is 0 Å². The van der Waals surface area contributed by atoms with Crippen molar-refractivity contribution in [3.05, 3.63) is 47.8 Å². The van der Waals surface area contributed by atoms with Crippen molar-refractivity contribution in [3.63, 3.8) is 0 Å². The molecule has 0 amide bonds. The van der Waals surface area contributed by atoms with Gasteiger partial charge < -0.3 is 10.5 Å². The second-order valence-corrected chi connectivity index (χ2v) is 4.77. The van der Waals surface area contributed by atoms with E-state index in [4.69, 9.17) is 15.9 Å². The van der Waals surface area contributed by atoms with Gasteiger partial charge in [0.25, 0.3) is 0 Å². The molecule has 2 rings (SSSR count). The zero-order chi connectivity index (χ0) is 14.5. The van der Waals surface area contributed by atoms with Gasteiger partial charge >= 0.3 is 0 Å². The number of hydrogen-bond acceptors (Lipinski definition) is 3. The fourth-order valence-electron chi connectivity index (χ4n) is 1.80. The van der Waals surface area contributed by atoms with Crippen molar-refractivity contribution >= 4 is 5.84 Å². The fraction of sp³-hybridized carbons (Fsp3) is 0.333. The van der Waals surface area contributed by atoms with Crippen molar-refractivity contribution in [2.75, 3.05) is 0 Å². The molecule has 2 aromatic rings. The molecule has 0 fully saturated rings. The van der Waals surface area contributed by atoms with Gasteiger partial charge in [0.15, 0.2) is 0 Å². The van der Waals surface area contributed by atoms with Gasteiger partial charge in [-0.2, -0.15) is 5.10 Å². The maximum absolute atomic E-state index is 7.41. The molecule has 0 spiro atoms. The Hall–Kier alpha value is -2.30. The van der Waals surface area contributed by atoms with Crippen LogP contribution in [0, 0.1) is 5.41 Å². The van der Waals surface area contributed by atoms with Crippen LogP contribution in [-0.2, 0) is 6.61 Å². The van der Waals surface area contributed by atoms with Gasteiger partial charge in [-0.15, -0.1) is 0 Å². The third kappa shape index (κ3) is 3.38. The van der Waals surface area contributed by atoms with E-state index in [-0.39, 0.29) is 5.84 Å². The maximum atomic E-state index is 7.41. The van der Waals surface area contributed by atoms with E-state index >= 15 is 0 Å². The average Bonchev–Trinajstić information content (AvgIpc) is 2.93. The van der Waals surface area contributed by atoms with Crippen LogP contribution < -0.4 is 10.5 Å². The number of benzene rings is 1. The standard InChI is InChI=1S/C15H20N4O/c1-3-11(2)19-8-7-13(18-19)10-20-14-6-4-5-12(9-14)15(16)17/h4-9,11H,3,10H2,1-2H3,(H3,16,17). The Kier molecular flexibility index (Phi) is 4.40. The molecule has 0 aliphatic heterocycles. The number of ether oxygens (including phenoxy) is 1. The Balaban J connectivity index is 2.00. The van der Waals surface area contributed by atoms with E-state index in [0.717, 1.165) is 12.1 Å². The molecule has 0 aliphatic carbocycles. The van der Waals surface area contributed by atoms with Gasteiger partial charge in [-0.05, 0) is 31.5 Å². The molecular formula is C15H20N4O. The van der Waals surface area contributed by atoms with Crippen LogP contribution in [0.4, 0.5) is 0 Å². The second kappa shape index (κ2) is 6.23. The van der Waals surface area contributed by atoms with Crippen molar-refractivity contribution in [2.45, 2.75) is 32.9 Å². The molecule has 1 aromatic carbocycles. The molecule has 0 saturated heterocycles. The molecule has 0 saturated carbocycles. The number of amidine groups is 1. The van der Waals surface area contributed by atoms with E-state index in [1.54, 1.807) is 12.1 Å². The van der Waals surface area contributed by atoms with Crippen LogP contribution in [0.1, 0.15) is 37.6 Å². The molecule has 5 nitrogen and oxygen atoms in total. The molecule has 0 aliphatic rings. The summed E-state index contributed by atoms with van der Waals surface area (Å²) < 4.78 is 7.63. The highest BCUT2D eigenvalue weighted by molar-refractivity contribution is 5.95. The van der Waals surface area contributed by atoms with Crippen LogP contribution >= 0.6 is 0 Å². The Morgan fingerprint density at radius 2 is 2.25 bits per heavy atom. The average molecular weight is 272 g/mol. The van der Waals surface area contributed by atoms with Gasteiger partial charge in [0.2, 0.25) is 0 Å². The number of rotatable bonds is 6.